The molecule has 3 heteroatoms. The molecule has 1 saturated heterocycles. The summed E-state index contributed by atoms with van der Waals surface area (Å²) in [7, 11) is 0. The molecule has 3 nitrogen and oxygen atoms in total. The van der Waals surface area contributed by atoms with Gasteiger partial charge in [-0.2, -0.15) is 0 Å². The number of carbonyl (C=O) groups is 1. The first kappa shape index (κ1) is 19.2. The smallest absolute Gasteiger partial charge is 0.248 e. The average Bonchev–Trinajstić information content (AvgIpc) is 3.16. The maximum atomic E-state index is 12.4. The van der Waals surface area contributed by atoms with Crippen molar-refractivity contribution in [2.24, 2.45) is 5.41 Å². The number of benzene rings is 2. The summed E-state index contributed by atoms with van der Waals surface area (Å²) in [5, 5.41) is 5.28. The van der Waals surface area contributed by atoms with Gasteiger partial charge in [-0.3, -0.25) is 4.79 Å². The Balaban J connectivity index is 1.33. The summed E-state index contributed by atoms with van der Waals surface area (Å²) in [4.78, 5) is 12.4. The van der Waals surface area contributed by atoms with Crippen molar-refractivity contribution in [3.8, 4) is 0 Å². The van der Waals surface area contributed by atoms with Crippen molar-refractivity contribution in [1.82, 2.24) is 0 Å². The Hall–Kier alpha value is -2.13. The molecule has 0 bridgehead atoms. The quantitative estimate of drug-likeness (QED) is 0.643. The molecule has 28 heavy (non-hydrogen) atoms. The van der Waals surface area contributed by atoms with Gasteiger partial charge in [0.2, 0.25) is 5.91 Å². The van der Waals surface area contributed by atoms with Crippen molar-refractivity contribution in [2.75, 3.05) is 11.9 Å². The average molecular weight is 378 g/mol. The molecule has 1 N–H and O–H groups in total. The summed E-state index contributed by atoms with van der Waals surface area (Å²) in [6.45, 7) is 0.855. The van der Waals surface area contributed by atoms with E-state index < -0.39 is 0 Å². The molecule has 1 atom stereocenters. The van der Waals surface area contributed by atoms with Gasteiger partial charge in [0, 0.05) is 11.8 Å². The summed E-state index contributed by atoms with van der Waals surface area (Å²) in [5.41, 5.74) is 1.17. The van der Waals surface area contributed by atoms with E-state index in [2.05, 4.69) is 17.4 Å². The minimum Gasteiger partial charge on any atom is -0.374 e. The zero-order valence-corrected chi connectivity index (χ0v) is 16.7. The number of fused-ring (bicyclic) bond motifs is 1. The molecule has 2 fully saturated rings. The van der Waals surface area contributed by atoms with Crippen LogP contribution < -0.4 is 5.32 Å². The van der Waals surface area contributed by atoms with E-state index in [1.54, 1.807) is 6.08 Å². The minimum atomic E-state index is -0.0886. The number of rotatable bonds is 3. The molecule has 1 amide bonds. The molecular formula is C25H31NO2. The van der Waals surface area contributed by atoms with Crippen LogP contribution in [0.5, 0.6) is 0 Å². The predicted octanol–water partition coefficient (Wildman–Crippen LogP) is 6.24. The monoisotopic (exact) mass is 377 g/mol. The first-order valence-electron chi connectivity index (χ1n) is 10.8. The molecular weight excluding hydrogens is 346 g/mol. The molecule has 1 unspecified atom stereocenters. The SMILES string of the molecule is O=C(/C=C/C1CC2(CCCCCCCC2)CO1)Nc1ccc2ccccc2c1. The van der Waals surface area contributed by atoms with Gasteiger partial charge < -0.3 is 10.1 Å². The highest BCUT2D eigenvalue weighted by molar-refractivity contribution is 6.00. The summed E-state index contributed by atoms with van der Waals surface area (Å²) < 4.78 is 6.07. The summed E-state index contributed by atoms with van der Waals surface area (Å²) in [6, 6.07) is 14.2. The van der Waals surface area contributed by atoms with Crippen LogP contribution in [0, 0.1) is 5.41 Å². The van der Waals surface area contributed by atoms with E-state index in [1.807, 2.05) is 36.4 Å². The van der Waals surface area contributed by atoms with Gasteiger partial charge in [0.05, 0.1) is 12.7 Å². The number of nitrogens with one attached hydrogen (secondary N) is 1. The molecule has 1 aliphatic carbocycles. The Kier molecular flexibility index (Phi) is 6.11. The molecule has 2 aromatic rings. The Labute approximate surface area is 168 Å². The van der Waals surface area contributed by atoms with Gasteiger partial charge in [0.1, 0.15) is 0 Å². The van der Waals surface area contributed by atoms with Crippen LogP contribution >= 0.6 is 0 Å². The molecule has 2 aromatic carbocycles. The zero-order chi connectivity index (χ0) is 19.2. The largest absolute Gasteiger partial charge is 0.374 e. The van der Waals surface area contributed by atoms with Crippen LogP contribution in [0.25, 0.3) is 10.8 Å². The number of hydrogen-bond donors (Lipinski definition) is 1. The zero-order valence-electron chi connectivity index (χ0n) is 16.7. The van der Waals surface area contributed by atoms with E-state index in [-0.39, 0.29) is 12.0 Å². The highest BCUT2D eigenvalue weighted by Gasteiger charge is 2.38. The molecule has 1 saturated carbocycles. The van der Waals surface area contributed by atoms with Crippen LogP contribution in [0.15, 0.2) is 54.6 Å². The van der Waals surface area contributed by atoms with E-state index in [9.17, 15) is 4.79 Å². The van der Waals surface area contributed by atoms with Crippen LogP contribution in [-0.2, 0) is 9.53 Å². The third kappa shape index (κ3) is 4.82. The molecule has 4 rings (SSSR count). The highest BCUT2D eigenvalue weighted by atomic mass is 16.5. The van der Waals surface area contributed by atoms with Gasteiger partial charge >= 0.3 is 0 Å². The van der Waals surface area contributed by atoms with E-state index in [0.717, 1.165) is 24.1 Å². The Morgan fingerprint density at radius 1 is 0.964 bits per heavy atom. The van der Waals surface area contributed by atoms with Crippen LogP contribution in [0.1, 0.15) is 57.8 Å². The van der Waals surface area contributed by atoms with E-state index in [0.29, 0.717) is 5.41 Å². The molecule has 1 heterocycles. The fourth-order valence-electron chi connectivity index (χ4n) is 4.78. The van der Waals surface area contributed by atoms with Crippen molar-refractivity contribution in [2.45, 2.75) is 63.9 Å². The lowest BCUT2D eigenvalue weighted by molar-refractivity contribution is -0.112. The number of ether oxygens (including phenoxy) is 1. The first-order valence-corrected chi connectivity index (χ1v) is 10.8. The van der Waals surface area contributed by atoms with Crippen molar-refractivity contribution < 1.29 is 9.53 Å². The van der Waals surface area contributed by atoms with Gasteiger partial charge in [-0.05, 0) is 47.6 Å². The topological polar surface area (TPSA) is 38.3 Å². The maximum absolute atomic E-state index is 12.4. The lowest BCUT2D eigenvalue weighted by atomic mass is 9.77. The minimum absolute atomic E-state index is 0.0723. The van der Waals surface area contributed by atoms with Crippen molar-refractivity contribution in [1.29, 1.82) is 0 Å². The number of amides is 1. The van der Waals surface area contributed by atoms with Gasteiger partial charge in [0.15, 0.2) is 0 Å². The van der Waals surface area contributed by atoms with Crippen molar-refractivity contribution in [3.05, 3.63) is 54.6 Å². The third-order valence-electron chi connectivity index (χ3n) is 6.38. The second-order valence-corrected chi connectivity index (χ2v) is 8.59. The van der Waals surface area contributed by atoms with Crippen LogP contribution in [0.2, 0.25) is 0 Å². The predicted molar refractivity (Wildman–Crippen MR) is 115 cm³/mol. The first-order chi connectivity index (χ1) is 13.7. The fourth-order valence-corrected chi connectivity index (χ4v) is 4.78. The lowest BCUT2D eigenvalue weighted by Gasteiger charge is -2.27. The van der Waals surface area contributed by atoms with Crippen LogP contribution in [0.4, 0.5) is 5.69 Å². The molecule has 2 aliphatic rings. The van der Waals surface area contributed by atoms with Crippen LogP contribution in [-0.4, -0.2) is 18.6 Å². The second-order valence-electron chi connectivity index (χ2n) is 8.59. The Morgan fingerprint density at radius 3 is 2.46 bits per heavy atom. The summed E-state index contributed by atoms with van der Waals surface area (Å²) in [6.07, 6.45) is 15.4. The lowest BCUT2D eigenvalue weighted by Crippen LogP contribution is -2.21. The Bertz CT molecular complexity index is 831. The van der Waals surface area contributed by atoms with Gasteiger partial charge in [-0.15, -0.1) is 0 Å². The normalized spacial score (nSPS) is 22.8. The molecule has 0 aromatic heterocycles. The highest BCUT2D eigenvalue weighted by Crippen LogP contribution is 2.43. The molecule has 1 spiro atoms. The van der Waals surface area contributed by atoms with Crippen molar-refractivity contribution in [3.63, 3.8) is 0 Å². The van der Waals surface area contributed by atoms with Gasteiger partial charge in [-0.25, -0.2) is 0 Å². The number of hydrogen-bond acceptors (Lipinski definition) is 2. The second kappa shape index (κ2) is 8.91. The summed E-state index contributed by atoms with van der Waals surface area (Å²) in [5.74, 6) is -0.0886. The number of carbonyl (C=O) groups excluding carboxylic acids is 1. The van der Waals surface area contributed by atoms with Gasteiger partial charge in [-0.1, -0.05) is 74.9 Å². The third-order valence-corrected chi connectivity index (χ3v) is 6.38. The van der Waals surface area contributed by atoms with E-state index >= 15 is 0 Å². The Morgan fingerprint density at radius 2 is 1.68 bits per heavy atom. The van der Waals surface area contributed by atoms with E-state index in [1.165, 1.54) is 56.8 Å². The van der Waals surface area contributed by atoms with Crippen molar-refractivity contribution >= 4 is 22.4 Å². The van der Waals surface area contributed by atoms with Crippen LogP contribution in [0.3, 0.4) is 0 Å². The number of anilines is 1. The van der Waals surface area contributed by atoms with Gasteiger partial charge in [0.25, 0.3) is 0 Å². The summed E-state index contributed by atoms with van der Waals surface area (Å²) >= 11 is 0. The molecule has 1 aliphatic heterocycles. The fraction of sp³-hybridized carbons (Fsp3) is 0.480. The van der Waals surface area contributed by atoms with E-state index in [4.69, 9.17) is 4.74 Å². The molecule has 148 valence electrons. The standard InChI is InChI=1S/C25H31NO2/c27-24(26-22-12-11-20-9-5-6-10-21(20)17-22)14-13-23-18-25(19-28-23)15-7-3-1-2-4-8-16-25/h5-6,9-14,17,23H,1-4,7-8,15-16,18-19H2,(H,26,27)/b14-13+. The maximum Gasteiger partial charge on any atom is 0.248 e. The molecule has 0 radical (unpaired) electrons.